The Morgan fingerprint density at radius 3 is 3.15 bits per heavy atom. The van der Waals surface area contributed by atoms with Crippen LogP contribution in [0, 0.1) is 0 Å². The van der Waals surface area contributed by atoms with Crippen molar-refractivity contribution in [1.82, 2.24) is 20.5 Å². The van der Waals surface area contributed by atoms with E-state index in [2.05, 4.69) is 20.5 Å². The van der Waals surface area contributed by atoms with Crippen LogP contribution in [0.3, 0.4) is 0 Å². The molecule has 0 atom stereocenters. The second-order valence-corrected chi connectivity index (χ2v) is 3.41. The van der Waals surface area contributed by atoms with Crippen LogP contribution in [-0.4, -0.2) is 15.2 Å². The first-order chi connectivity index (χ1) is 6.45. The minimum absolute atomic E-state index is 0.814. The van der Waals surface area contributed by atoms with E-state index in [0.717, 1.165) is 24.3 Å². The predicted molar refractivity (Wildman–Crippen MR) is 51.2 cm³/mol. The molecule has 13 heavy (non-hydrogen) atoms. The lowest BCUT2D eigenvalue weighted by molar-refractivity contribution is 0.683. The quantitative estimate of drug-likeness (QED) is 0.767. The third kappa shape index (κ3) is 2.37. The average Bonchev–Trinajstić information content (AvgIpc) is 2.75. The zero-order chi connectivity index (χ0) is 8.93. The third-order valence-corrected chi connectivity index (χ3v) is 2.31. The molecule has 2 aromatic rings. The Kier molecular flexibility index (Phi) is 2.68. The molecular formula is C8H10N4S. The van der Waals surface area contributed by atoms with Crippen molar-refractivity contribution in [3.8, 4) is 0 Å². The fraction of sp³-hybridized carbons (Fsp3) is 0.250. The van der Waals surface area contributed by atoms with Crippen molar-refractivity contribution in [2.75, 3.05) is 0 Å². The summed E-state index contributed by atoms with van der Waals surface area (Å²) in [6.45, 7) is 1.64. The van der Waals surface area contributed by atoms with E-state index in [1.165, 1.54) is 0 Å². The lowest BCUT2D eigenvalue weighted by Crippen LogP contribution is -2.12. The Balaban J connectivity index is 1.76. The van der Waals surface area contributed by atoms with Gasteiger partial charge in [0.15, 0.2) is 0 Å². The molecule has 2 heterocycles. The SMILES string of the molecule is c1nc(CNCc2cn[nH]c2)cs1. The minimum Gasteiger partial charge on any atom is -0.307 e. The molecule has 2 N–H and O–H groups in total. The van der Waals surface area contributed by atoms with Gasteiger partial charge in [-0.1, -0.05) is 0 Å². The normalized spacial score (nSPS) is 10.5. The summed E-state index contributed by atoms with van der Waals surface area (Å²) in [6, 6.07) is 0. The lowest BCUT2D eigenvalue weighted by Gasteiger charge is -1.98. The van der Waals surface area contributed by atoms with Crippen molar-refractivity contribution in [2.45, 2.75) is 13.1 Å². The van der Waals surface area contributed by atoms with Gasteiger partial charge in [0.25, 0.3) is 0 Å². The second-order valence-electron chi connectivity index (χ2n) is 2.69. The van der Waals surface area contributed by atoms with Crippen LogP contribution in [-0.2, 0) is 13.1 Å². The molecule has 0 saturated heterocycles. The molecule has 2 aromatic heterocycles. The number of hydrogen-bond acceptors (Lipinski definition) is 4. The van der Waals surface area contributed by atoms with Gasteiger partial charge in [-0.25, -0.2) is 4.98 Å². The van der Waals surface area contributed by atoms with Crippen molar-refractivity contribution in [3.05, 3.63) is 34.5 Å². The zero-order valence-corrected chi connectivity index (χ0v) is 7.84. The number of H-pyrrole nitrogens is 1. The second kappa shape index (κ2) is 4.15. The number of hydrogen-bond donors (Lipinski definition) is 2. The largest absolute Gasteiger partial charge is 0.307 e. The average molecular weight is 194 g/mol. The fourth-order valence-corrected chi connectivity index (χ4v) is 1.59. The first-order valence-electron chi connectivity index (χ1n) is 4.00. The number of nitrogens with one attached hydrogen (secondary N) is 2. The molecule has 0 radical (unpaired) electrons. The first-order valence-corrected chi connectivity index (χ1v) is 4.95. The Bertz CT molecular complexity index is 293. The topological polar surface area (TPSA) is 53.6 Å². The van der Waals surface area contributed by atoms with Gasteiger partial charge in [-0.2, -0.15) is 5.10 Å². The molecule has 5 heteroatoms. The number of thiazole rings is 1. The molecule has 68 valence electrons. The Morgan fingerprint density at radius 2 is 2.46 bits per heavy atom. The maximum Gasteiger partial charge on any atom is 0.0795 e. The zero-order valence-electron chi connectivity index (χ0n) is 7.03. The molecule has 0 saturated carbocycles. The fourth-order valence-electron chi connectivity index (χ4n) is 1.03. The molecule has 0 aliphatic heterocycles. The molecular weight excluding hydrogens is 184 g/mol. The Labute approximate surface area is 80.0 Å². The van der Waals surface area contributed by atoms with E-state index < -0.39 is 0 Å². The molecule has 0 aromatic carbocycles. The molecule has 0 fully saturated rings. The molecule has 0 unspecified atom stereocenters. The van der Waals surface area contributed by atoms with Crippen LogP contribution in [0.4, 0.5) is 0 Å². The van der Waals surface area contributed by atoms with E-state index in [0.29, 0.717) is 0 Å². The minimum atomic E-state index is 0.814. The predicted octanol–water partition coefficient (Wildman–Crippen LogP) is 1.16. The van der Waals surface area contributed by atoms with Gasteiger partial charge in [-0.05, 0) is 0 Å². The summed E-state index contributed by atoms with van der Waals surface area (Å²) >= 11 is 1.62. The maximum absolute atomic E-state index is 4.17. The van der Waals surface area contributed by atoms with Gasteiger partial charge in [0, 0.05) is 30.2 Å². The lowest BCUT2D eigenvalue weighted by atomic mass is 10.3. The summed E-state index contributed by atoms with van der Waals surface area (Å²) in [7, 11) is 0. The summed E-state index contributed by atoms with van der Waals surface area (Å²) in [5.41, 5.74) is 4.10. The van der Waals surface area contributed by atoms with Crippen LogP contribution in [0.25, 0.3) is 0 Å². The molecule has 0 spiro atoms. The van der Waals surface area contributed by atoms with Crippen molar-refractivity contribution in [1.29, 1.82) is 0 Å². The van der Waals surface area contributed by atoms with E-state index in [-0.39, 0.29) is 0 Å². The number of aromatic nitrogens is 3. The van der Waals surface area contributed by atoms with Gasteiger partial charge in [0.2, 0.25) is 0 Å². The highest BCUT2D eigenvalue weighted by Crippen LogP contribution is 2.00. The van der Waals surface area contributed by atoms with Crippen molar-refractivity contribution in [3.63, 3.8) is 0 Å². The van der Waals surface area contributed by atoms with Gasteiger partial charge in [-0.15, -0.1) is 11.3 Å². The summed E-state index contributed by atoms with van der Waals surface area (Å²) in [5.74, 6) is 0. The van der Waals surface area contributed by atoms with Gasteiger partial charge < -0.3 is 5.32 Å². The van der Waals surface area contributed by atoms with E-state index in [9.17, 15) is 0 Å². The van der Waals surface area contributed by atoms with Crippen molar-refractivity contribution in [2.24, 2.45) is 0 Å². The van der Waals surface area contributed by atoms with Gasteiger partial charge in [-0.3, -0.25) is 5.10 Å². The van der Waals surface area contributed by atoms with E-state index in [4.69, 9.17) is 0 Å². The number of rotatable bonds is 4. The van der Waals surface area contributed by atoms with Gasteiger partial charge in [0.1, 0.15) is 0 Å². The summed E-state index contributed by atoms with van der Waals surface area (Å²) < 4.78 is 0. The Hall–Kier alpha value is -1.20. The molecule has 0 aliphatic carbocycles. The van der Waals surface area contributed by atoms with E-state index in [1.807, 2.05) is 23.3 Å². The van der Waals surface area contributed by atoms with Gasteiger partial charge in [0.05, 0.1) is 17.4 Å². The molecule has 0 amide bonds. The van der Waals surface area contributed by atoms with E-state index >= 15 is 0 Å². The highest BCUT2D eigenvalue weighted by molar-refractivity contribution is 7.07. The van der Waals surface area contributed by atoms with Crippen LogP contribution < -0.4 is 5.32 Å². The molecule has 2 rings (SSSR count). The van der Waals surface area contributed by atoms with Crippen LogP contribution in [0.1, 0.15) is 11.3 Å². The van der Waals surface area contributed by atoms with Crippen LogP contribution in [0.15, 0.2) is 23.3 Å². The highest BCUT2D eigenvalue weighted by Gasteiger charge is 1.95. The van der Waals surface area contributed by atoms with E-state index in [1.54, 1.807) is 11.3 Å². The molecule has 4 nitrogen and oxygen atoms in total. The highest BCUT2D eigenvalue weighted by atomic mass is 32.1. The monoisotopic (exact) mass is 194 g/mol. The standard InChI is InChI=1S/C8H10N4S/c1(7-2-11-12-3-7)9-4-8-5-13-6-10-8/h2-3,5-6,9H,1,4H2,(H,11,12). The summed E-state index contributed by atoms with van der Waals surface area (Å²) in [6.07, 6.45) is 3.70. The molecule has 0 bridgehead atoms. The van der Waals surface area contributed by atoms with Crippen LogP contribution >= 0.6 is 11.3 Å². The Morgan fingerprint density at radius 1 is 1.46 bits per heavy atom. The number of aromatic amines is 1. The van der Waals surface area contributed by atoms with Crippen molar-refractivity contribution >= 4 is 11.3 Å². The summed E-state index contributed by atoms with van der Waals surface area (Å²) in [5, 5.41) is 11.9. The van der Waals surface area contributed by atoms with Crippen LogP contribution in [0.2, 0.25) is 0 Å². The van der Waals surface area contributed by atoms with Gasteiger partial charge >= 0.3 is 0 Å². The maximum atomic E-state index is 4.17. The molecule has 0 aliphatic rings. The first kappa shape index (κ1) is 8.40. The summed E-state index contributed by atoms with van der Waals surface area (Å²) in [4.78, 5) is 4.17. The van der Waals surface area contributed by atoms with Crippen LogP contribution in [0.5, 0.6) is 0 Å². The smallest absolute Gasteiger partial charge is 0.0795 e. The third-order valence-electron chi connectivity index (χ3n) is 1.67. The van der Waals surface area contributed by atoms with Crippen molar-refractivity contribution < 1.29 is 0 Å². The number of nitrogens with zero attached hydrogens (tertiary/aromatic N) is 2.